The third-order valence-corrected chi connectivity index (χ3v) is 10.3. The average Bonchev–Trinajstić information content (AvgIpc) is 3.33. The molecule has 0 radical (unpaired) electrons. The summed E-state index contributed by atoms with van der Waals surface area (Å²) in [6, 6.07) is 0. The highest BCUT2D eigenvalue weighted by molar-refractivity contribution is 7.85. The van der Waals surface area contributed by atoms with Crippen LogP contribution in [0.25, 0.3) is 0 Å². The number of hydrogen-bond acceptors (Lipinski definition) is 5. The molecule has 0 unspecified atom stereocenters. The minimum atomic E-state index is -3.57. The fraction of sp³-hybridized carbons (Fsp3) is 0.870. The molecule has 1 N–H and O–H groups in total. The molecule has 0 amide bonds. The second kappa shape index (κ2) is 5.87. The molecular formula is C23H35NO4S. The van der Waals surface area contributed by atoms with E-state index in [1.54, 1.807) is 0 Å². The van der Waals surface area contributed by atoms with Gasteiger partial charge in [0.1, 0.15) is 0 Å². The van der Waals surface area contributed by atoms with Gasteiger partial charge in [0.25, 0.3) is 0 Å². The van der Waals surface area contributed by atoms with Crippen molar-refractivity contribution in [3.63, 3.8) is 0 Å². The van der Waals surface area contributed by atoms with Crippen molar-refractivity contribution in [1.82, 2.24) is 0 Å². The van der Waals surface area contributed by atoms with Crippen molar-refractivity contribution in [3.8, 4) is 0 Å². The van der Waals surface area contributed by atoms with Gasteiger partial charge in [0, 0.05) is 0 Å². The van der Waals surface area contributed by atoms with Gasteiger partial charge in [-0.15, -0.1) is 0 Å². The molecule has 4 fully saturated rings. The summed E-state index contributed by atoms with van der Waals surface area (Å²) >= 11 is 0. The number of allylic oxidation sites excluding steroid dienone is 2. The van der Waals surface area contributed by atoms with Gasteiger partial charge in [-0.2, -0.15) is 8.42 Å². The number of fused-ring (bicyclic) bond motifs is 6. The van der Waals surface area contributed by atoms with Crippen LogP contribution in [0.1, 0.15) is 78.6 Å². The smallest absolute Gasteiger partial charge is 0.325 e. The Kier molecular flexibility index (Phi) is 4.06. The summed E-state index contributed by atoms with van der Waals surface area (Å²) in [5.41, 5.74) is 2.24. The summed E-state index contributed by atoms with van der Waals surface area (Å²) in [6.07, 6.45) is 13.1. The van der Waals surface area contributed by atoms with Gasteiger partial charge in [-0.3, -0.25) is 4.28 Å². The summed E-state index contributed by atoms with van der Waals surface area (Å²) in [4.78, 5) is 0. The first-order valence-corrected chi connectivity index (χ1v) is 13.1. The molecule has 6 atom stereocenters. The molecule has 29 heavy (non-hydrogen) atoms. The third-order valence-electron chi connectivity index (χ3n) is 9.99. The first-order valence-electron chi connectivity index (χ1n) is 11.3. The summed E-state index contributed by atoms with van der Waals surface area (Å²) in [6.45, 7) is 6.88. The van der Waals surface area contributed by atoms with Crippen molar-refractivity contribution < 1.29 is 17.8 Å². The fourth-order valence-electron chi connectivity index (χ4n) is 8.05. The van der Waals surface area contributed by atoms with Crippen LogP contribution in [0.2, 0.25) is 0 Å². The largest absolute Gasteiger partial charge is 0.390 e. The molecule has 6 heteroatoms. The second-order valence-electron chi connectivity index (χ2n) is 11.5. The van der Waals surface area contributed by atoms with E-state index in [-0.39, 0.29) is 16.2 Å². The third kappa shape index (κ3) is 2.80. The lowest BCUT2D eigenvalue weighted by Gasteiger charge is -2.61. The number of nitrogens with zero attached hydrogens (tertiary/aromatic N) is 1. The van der Waals surface area contributed by atoms with Crippen molar-refractivity contribution in [2.24, 2.45) is 39.2 Å². The zero-order chi connectivity index (χ0) is 20.9. The lowest BCUT2D eigenvalue weighted by atomic mass is 9.44. The molecule has 5 rings (SSSR count). The molecule has 0 aromatic rings. The van der Waals surface area contributed by atoms with Crippen molar-refractivity contribution in [2.75, 3.05) is 6.26 Å². The fourth-order valence-corrected chi connectivity index (χ4v) is 8.28. The zero-order valence-corrected chi connectivity index (χ0v) is 19.0. The summed E-state index contributed by atoms with van der Waals surface area (Å²) in [5.74, 6) is 1.97. The zero-order valence-electron chi connectivity index (χ0n) is 18.2. The Morgan fingerprint density at radius 1 is 1.07 bits per heavy atom. The SMILES string of the molecule is C[C@]12CC/C(=N\OS(C)(=O)=O)C=C1C1(CC1)C[C@@H]1[C@@H]2CC[C@@]2(C)[C@H]1CC[C@]2(C)O. The highest BCUT2D eigenvalue weighted by Gasteiger charge is 2.67. The molecule has 0 aromatic carbocycles. The summed E-state index contributed by atoms with van der Waals surface area (Å²) < 4.78 is 27.5. The Hall–Kier alpha value is -0.880. The summed E-state index contributed by atoms with van der Waals surface area (Å²) in [7, 11) is -3.57. The van der Waals surface area contributed by atoms with Crippen molar-refractivity contribution in [1.29, 1.82) is 0 Å². The van der Waals surface area contributed by atoms with Gasteiger partial charge in [-0.1, -0.05) is 24.6 Å². The molecule has 5 aliphatic rings. The highest BCUT2D eigenvalue weighted by Crippen LogP contribution is 2.75. The normalized spacial score (nSPS) is 49.2. The number of oxime groups is 1. The maximum Gasteiger partial charge on any atom is 0.325 e. The van der Waals surface area contributed by atoms with Gasteiger partial charge in [0.2, 0.25) is 0 Å². The number of aliphatic hydroxyl groups is 1. The Morgan fingerprint density at radius 3 is 2.41 bits per heavy atom. The van der Waals surface area contributed by atoms with Crippen molar-refractivity contribution in [2.45, 2.75) is 84.2 Å². The van der Waals surface area contributed by atoms with Crippen molar-refractivity contribution >= 4 is 15.8 Å². The second-order valence-corrected chi connectivity index (χ2v) is 13.0. The van der Waals surface area contributed by atoms with Gasteiger partial charge in [0.05, 0.1) is 17.6 Å². The predicted molar refractivity (Wildman–Crippen MR) is 113 cm³/mol. The van der Waals surface area contributed by atoms with Gasteiger partial charge in [-0.05, 0) is 105 Å². The molecule has 162 valence electrons. The molecule has 4 saturated carbocycles. The van der Waals surface area contributed by atoms with Crippen LogP contribution in [-0.2, 0) is 14.4 Å². The Bertz CT molecular complexity index is 900. The maximum atomic E-state index is 11.4. The van der Waals surface area contributed by atoms with Crippen LogP contribution in [0.4, 0.5) is 0 Å². The van der Waals surface area contributed by atoms with Gasteiger partial charge >= 0.3 is 10.1 Å². The molecule has 1 spiro atoms. The van der Waals surface area contributed by atoms with E-state index in [2.05, 4.69) is 32.0 Å². The molecule has 0 bridgehead atoms. The van der Waals surface area contributed by atoms with E-state index < -0.39 is 15.7 Å². The van der Waals surface area contributed by atoms with Crippen LogP contribution in [0.3, 0.4) is 0 Å². The minimum Gasteiger partial charge on any atom is -0.390 e. The number of hydrogen-bond donors (Lipinski definition) is 1. The molecule has 0 heterocycles. The van der Waals surface area contributed by atoms with Crippen LogP contribution in [0.15, 0.2) is 16.8 Å². The lowest BCUT2D eigenvalue weighted by molar-refractivity contribution is -0.123. The van der Waals surface area contributed by atoms with Crippen molar-refractivity contribution in [3.05, 3.63) is 11.6 Å². The van der Waals surface area contributed by atoms with Gasteiger partial charge in [0.15, 0.2) is 0 Å². The molecule has 5 aliphatic carbocycles. The van der Waals surface area contributed by atoms with Gasteiger partial charge < -0.3 is 5.11 Å². The molecular weight excluding hydrogens is 386 g/mol. The van der Waals surface area contributed by atoms with E-state index in [0.29, 0.717) is 17.8 Å². The molecule has 0 aromatic heterocycles. The van der Waals surface area contributed by atoms with E-state index in [0.717, 1.165) is 44.1 Å². The summed E-state index contributed by atoms with van der Waals surface area (Å²) in [5, 5.41) is 15.1. The standard InChI is InChI=1S/C23H35NO4S/c1-20-8-5-15(24-28-29(4,26)27)13-19(20)23(11-12-23)14-16-17(20)6-9-21(2)18(16)7-10-22(21,3)25/h13,16-18,25H,5-12,14H2,1-4H3/b24-15+/t16-,17+,18+,20-,21+,22+/m1/s1. The van der Waals surface area contributed by atoms with E-state index in [1.165, 1.54) is 31.3 Å². The Morgan fingerprint density at radius 2 is 1.76 bits per heavy atom. The highest BCUT2D eigenvalue weighted by atomic mass is 32.2. The Balaban J connectivity index is 1.51. The monoisotopic (exact) mass is 421 g/mol. The topological polar surface area (TPSA) is 76.0 Å². The van der Waals surface area contributed by atoms with E-state index in [4.69, 9.17) is 4.28 Å². The first kappa shape index (κ1) is 20.0. The first-order chi connectivity index (χ1) is 13.4. The Labute approximate surface area is 175 Å². The van der Waals surface area contributed by atoms with Gasteiger partial charge in [-0.25, -0.2) is 0 Å². The van der Waals surface area contributed by atoms with E-state index in [1.807, 2.05) is 0 Å². The van der Waals surface area contributed by atoms with E-state index >= 15 is 0 Å². The molecule has 0 saturated heterocycles. The molecule has 5 nitrogen and oxygen atoms in total. The minimum absolute atomic E-state index is 0.0481. The maximum absolute atomic E-state index is 11.4. The van der Waals surface area contributed by atoms with Crippen LogP contribution >= 0.6 is 0 Å². The van der Waals surface area contributed by atoms with Crippen LogP contribution in [-0.4, -0.2) is 31.1 Å². The molecule has 0 aliphatic heterocycles. The van der Waals surface area contributed by atoms with Crippen LogP contribution in [0, 0.1) is 34.0 Å². The average molecular weight is 422 g/mol. The predicted octanol–water partition coefficient (Wildman–Crippen LogP) is 4.42. The van der Waals surface area contributed by atoms with Crippen LogP contribution < -0.4 is 0 Å². The number of rotatable bonds is 2. The van der Waals surface area contributed by atoms with Crippen LogP contribution in [0.5, 0.6) is 0 Å². The van der Waals surface area contributed by atoms with E-state index in [9.17, 15) is 13.5 Å². The quantitative estimate of drug-likeness (QED) is 0.670. The lowest BCUT2D eigenvalue weighted by Crippen LogP contribution is -2.55.